The Balaban J connectivity index is 1.71. The second-order valence-corrected chi connectivity index (χ2v) is 6.53. The zero-order valence-electron chi connectivity index (χ0n) is 14.2. The smallest absolute Gasteiger partial charge is 0.267 e. The second kappa shape index (κ2) is 8.07. The zero-order valence-corrected chi connectivity index (χ0v) is 14.2. The quantitative estimate of drug-likeness (QED) is 0.864. The fraction of sp³-hybridized carbons (Fsp3) is 0.421. The van der Waals surface area contributed by atoms with Gasteiger partial charge in [0.15, 0.2) is 0 Å². The molecule has 0 aliphatic heterocycles. The van der Waals surface area contributed by atoms with Crippen LogP contribution in [0.25, 0.3) is 11.3 Å². The average Bonchev–Trinajstić information content (AvgIpc) is 2.64. The number of nitrogens with one attached hydrogen (secondary N) is 1. The first-order valence-electron chi connectivity index (χ1n) is 8.80. The molecule has 1 aliphatic carbocycles. The fourth-order valence-electron chi connectivity index (χ4n) is 3.39. The van der Waals surface area contributed by atoms with Crippen LogP contribution >= 0.6 is 0 Å². The van der Waals surface area contributed by atoms with E-state index in [0.717, 1.165) is 31.2 Å². The van der Waals surface area contributed by atoms with Crippen molar-refractivity contribution in [2.45, 2.75) is 38.3 Å². The number of amides is 1. The zero-order chi connectivity index (χ0) is 17.6. The van der Waals surface area contributed by atoms with Gasteiger partial charge < -0.3 is 11.1 Å². The summed E-state index contributed by atoms with van der Waals surface area (Å²) in [5.41, 5.74) is 7.11. The minimum Gasteiger partial charge on any atom is -0.351 e. The maximum absolute atomic E-state index is 12.4. The van der Waals surface area contributed by atoms with Gasteiger partial charge in [0, 0.05) is 17.7 Å². The van der Waals surface area contributed by atoms with Crippen molar-refractivity contribution in [3.05, 3.63) is 52.8 Å². The van der Waals surface area contributed by atoms with Crippen molar-refractivity contribution in [3.8, 4) is 11.3 Å². The molecule has 2 atom stereocenters. The van der Waals surface area contributed by atoms with E-state index >= 15 is 0 Å². The third-order valence-corrected chi connectivity index (χ3v) is 4.79. The molecule has 1 aromatic carbocycles. The van der Waals surface area contributed by atoms with E-state index in [1.165, 1.54) is 10.7 Å². The molecule has 1 aromatic heterocycles. The molecule has 0 radical (unpaired) electrons. The van der Waals surface area contributed by atoms with Crippen molar-refractivity contribution in [1.82, 2.24) is 15.1 Å². The Morgan fingerprint density at radius 1 is 1.16 bits per heavy atom. The monoisotopic (exact) mass is 340 g/mol. The maximum atomic E-state index is 12.4. The third kappa shape index (κ3) is 4.33. The summed E-state index contributed by atoms with van der Waals surface area (Å²) in [6.45, 7) is 0.500. The van der Waals surface area contributed by atoms with Crippen LogP contribution in [0.5, 0.6) is 0 Å². The van der Waals surface area contributed by atoms with Crippen molar-refractivity contribution in [2.24, 2.45) is 11.7 Å². The van der Waals surface area contributed by atoms with Crippen molar-refractivity contribution >= 4 is 5.91 Å². The highest BCUT2D eigenvalue weighted by Crippen LogP contribution is 2.23. The molecule has 1 fully saturated rings. The van der Waals surface area contributed by atoms with Gasteiger partial charge in [-0.1, -0.05) is 43.2 Å². The summed E-state index contributed by atoms with van der Waals surface area (Å²) in [6, 6.07) is 12.8. The lowest BCUT2D eigenvalue weighted by Gasteiger charge is -2.31. The molecule has 0 spiro atoms. The molecule has 3 rings (SSSR count). The molecule has 6 heteroatoms. The van der Waals surface area contributed by atoms with Crippen LogP contribution in [0.1, 0.15) is 25.7 Å². The highest BCUT2D eigenvalue weighted by Gasteiger charge is 2.25. The van der Waals surface area contributed by atoms with Crippen LogP contribution in [0.2, 0.25) is 0 Å². The van der Waals surface area contributed by atoms with Gasteiger partial charge in [0.25, 0.3) is 5.56 Å². The summed E-state index contributed by atoms with van der Waals surface area (Å²) in [4.78, 5) is 24.4. The summed E-state index contributed by atoms with van der Waals surface area (Å²) in [7, 11) is 0. The predicted octanol–water partition coefficient (Wildman–Crippen LogP) is 1.54. The molecule has 3 N–H and O–H groups in total. The van der Waals surface area contributed by atoms with E-state index in [9.17, 15) is 9.59 Å². The summed E-state index contributed by atoms with van der Waals surface area (Å²) in [5.74, 6) is 0.128. The minimum atomic E-state index is -0.283. The number of carbonyl (C=O) groups is 1. The van der Waals surface area contributed by atoms with Crippen LogP contribution in [-0.4, -0.2) is 28.3 Å². The number of benzene rings is 1. The van der Waals surface area contributed by atoms with Gasteiger partial charge in [-0.2, -0.15) is 5.10 Å². The number of aromatic nitrogens is 2. The number of hydrogen-bond donors (Lipinski definition) is 2. The standard InChI is InChI=1S/C19H24N4O2/c20-12-15-8-4-5-9-16(15)21-18(24)13-23-19(25)11-10-17(22-23)14-6-2-1-3-7-14/h1-3,6-7,10-11,15-16H,4-5,8-9,12-13,20H2,(H,21,24). The second-order valence-electron chi connectivity index (χ2n) is 6.53. The van der Waals surface area contributed by atoms with Crippen LogP contribution in [-0.2, 0) is 11.3 Å². The Labute approximate surface area is 147 Å². The fourth-order valence-corrected chi connectivity index (χ4v) is 3.39. The van der Waals surface area contributed by atoms with E-state index in [4.69, 9.17) is 5.73 Å². The SMILES string of the molecule is NCC1CCCCC1NC(=O)Cn1nc(-c2ccccc2)ccc1=O. The van der Waals surface area contributed by atoms with E-state index in [1.54, 1.807) is 6.07 Å². The van der Waals surface area contributed by atoms with Gasteiger partial charge in [-0.05, 0) is 31.4 Å². The van der Waals surface area contributed by atoms with Crippen molar-refractivity contribution in [3.63, 3.8) is 0 Å². The van der Waals surface area contributed by atoms with Gasteiger partial charge in [-0.3, -0.25) is 9.59 Å². The minimum absolute atomic E-state index is 0.0761. The number of rotatable bonds is 5. The number of hydrogen-bond acceptors (Lipinski definition) is 4. The van der Waals surface area contributed by atoms with Crippen LogP contribution in [0, 0.1) is 5.92 Å². The van der Waals surface area contributed by atoms with E-state index in [2.05, 4.69) is 10.4 Å². The first-order chi connectivity index (χ1) is 12.2. The molecule has 1 saturated carbocycles. The molecule has 2 aromatic rings. The molecule has 6 nitrogen and oxygen atoms in total. The highest BCUT2D eigenvalue weighted by atomic mass is 16.2. The highest BCUT2D eigenvalue weighted by molar-refractivity contribution is 5.76. The predicted molar refractivity (Wildman–Crippen MR) is 96.9 cm³/mol. The lowest BCUT2D eigenvalue weighted by Crippen LogP contribution is -2.46. The molecule has 132 valence electrons. The van der Waals surface area contributed by atoms with E-state index in [-0.39, 0.29) is 24.1 Å². The molecular formula is C19H24N4O2. The van der Waals surface area contributed by atoms with Gasteiger partial charge in [0.1, 0.15) is 6.54 Å². The van der Waals surface area contributed by atoms with Gasteiger partial charge in [0.05, 0.1) is 5.69 Å². The molecule has 25 heavy (non-hydrogen) atoms. The van der Waals surface area contributed by atoms with Crippen molar-refractivity contribution < 1.29 is 4.79 Å². The van der Waals surface area contributed by atoms with Gasteiger partial charge in [-0.25, -0.2) is 4.68 Å². The Morgan fingerprint density at radius 2 is 1.92 bits per heavy atom. The molecule has 2 unspecified atom stereocenters. The molecule has 1 aliphatic rings. The Morgan fingerprint density at radius 3 is 2.68 bits per heavy atom. The number of nitrogens with zero attached hydrogens (tertiary/aromatic N) is 2. The maximum Gasteiger partial charge on any atom is 0.267 e. The Kier molecular flexibility index (Phi) is 5.60. The van der Waals surface area contributed by atoms with Crippen molar-refractivity contribution in [2.75, 3.05) is 6.54 Å². The summed E-state index contributed by atoms with van der Waals surface area (Å²) >= 11 is 0. The molecule has 0 bridgehead atoms. The topological polar surface area (TPSA) is 90.0 Å². The molecule has 0 saturated heterocycles. The normalized spacial score (nSPS) is 20.2. The summed E-state index contributed by atoms with van der Waals surface area (Å²) in [6.07, 6.45) is 4.25. The van der Waals surface area contributed by atoms with Gasteiger partial charge in [-0.15, -0.1) is 0 Å². The first-order valence-corrected chi connectivity index (χ1v) is 8.80. The summed E-state index contributed by atoms with van der Waals surface area (Å²) < 4.78 is 1.22. The molecule has 1 heterocycles. The Bertz CT molecular complexity index is 772. The van der Waals surface area contributed by atoms with E-state index in [0.29, 0.717) is 18.2 Å². The first kappa shape index (κ1) is 17.4. The third-order valence-electron chi connectivity index (χ3n) is 4.79. The van der Waals surface area contributed by atoms with Crippen LogP contribution < -0.4 is 16.6 Å². The molecule has 1 amide bonds. The average molecular weight is 340 g/mol. The van der Waals surface area contributed by atoms with Crippen molar-refractivity contribution in [1.29, 1.82) is 0 Å². The van der Waals surface area contributed by atoms with E-state index < -0.39 is 0 Å². The number of nitrogens with two attached hydrogens (primary N) is 1. The molecular weight excluding hydrogens is 316 g/mol. The van der Waals surface area contributed by atoms with Crippen LogP contribution in [0.4, 0.5) is 0 Å². The number of carbonyl (C=O) groups excluding carboxylic acids is 1. The lowest BCUT2D eigenvalue weighted by atomic mass is 9.84. The van der Waals surface area contributed by atoms with Crippen LogP contribution in [0.3, 0.4) is 0 Å². The van der Waals surface area contributed by atoms with Gasteiger partial charge in [0.2, 0.25) is 5.91 Å². The lowest BCUT2D eigenvalue weighted by molar-refractivity contribution is -0.123. The van der Waals surface area contributed by atoms with Crippen LogP contribution in [0.15, 0.2) is 47.3 Å². The van der Waals surface area contributed by atoms with E-state index in [1.807, 2.05) is 30.3 Å². The largest absolute Gasteiger partial charge is 0.351 e. The summed E-state index contributed by atoms with van der Waals surface area (Å²) in [5, 5.41) is 7.37. The van der Waals surface area contributed by atoms with Gasteiger partial charge >= 0.3 is 0 Å². The Hall–Kier alpha value is -2.47.